The van der Waals surface area contributed by atoms with Crippen LogP contribution in [0, 0.1) is 5.82 Å². The molecule has 0 aromatic heterocycles. The van der Waals surface area contributed by atoms with Gasteiger partial charge in [0.1, 0.15) is 5.82 Å². The summed E-state index contributed by atoms with van der Waals surface area (Å²) in [6, 6.07) is 6.44. The first-order valence-electron chi connectivity index (χ1n) is 6.50. The molecule has 1 fully saturated rings. The second-order valence-electron chi connectivity index (χ2n) is 4.97. The molecule has 1 aromatic rings. The van der Waals surface area contributed by atoms with Crippen LogP contribution < -0.4 is 5.73 Å². The number of rotatable bonds is 4. The number of hydrogen-bond donors (Lipinski definition) is 1. The highest BCUT2D eigenvalue weighted by Gasteiger charge is 2.23. The van der Waals surface area contributed by atoms with Crippen LogP contribution in [0.2, 0.25) is 0 Å². The number of quaternary nitrogens is 1. The minimum Gasteiger partial charge on any atom is -0.375 e. The van der Waals surface area contributed by atoms with Crippen molar-refractivity contribution in [1.29, 1.82) is 0 Å². The SMILES string of the molecule is [NH3+]C1CCC(OC[C@H](F)c2ccccc2F)CC1. The summed E-state index contributed by atoms with van der Waals surface area (Å²) in [5.74, 6) is -0.505. The molecule has 0 radical (unpaired) electrons. The van der Waals surface area contributed by atoms with Gasteiger partial charge in [0, 0.05) is 18.4 Å². The van der Waals surface area contributed by atoms with E-state index in [4.69, 9.17) is 4.74 Å². The second kappa shape index (κ2) is 6.25. The lowest BCUT2D eigenvalue weighted by Crippen LogP contribution is -2.62. The maximum atomic E-state index is 13.9. The molecule has 4 heteroatoms. The van der Waals surface area contributed by atoms with E-state index in [1.807, 2.05) is 0 Å². The topological polar surface area (TPSA) is 36.9 Å². The van der Waals surface area contributed by atoms with E-state index in [1.54, 1.807) is 12.1 Å². The fourth-order valence-corrected chi connectivity index (χ4v) is 2.34. The highest BCUT2D eigenvalue weighted by Crippen LogP contribution is 2.24. The van der Waals surface area contributed by atoms with Gasteiger partial charge in [-0.15, -0.1) is 0 Å². The molecule has 2 rings (SSSR count). The van der Waals surface area contributed by atoms with Gasteiger partial charge in [-0.05, 0) is 18.9 Å². The van der Waals surface area contributed by atoms with Crippen LogP contribution >= 0.6 is 0 Å². The Labute approximate surface area is 106 Å². The molecular formula is C14H20F2NO+. The van der Waals surface area contributed by atoms with Crippen molar-refractivity contribution in [3.63, 3.8) is 0 Å². The molecule has 1 aliphatic carbocycles. The number of alkyl halides is 1. The maximum absolute atomic E-state index is 13.9. The number of hydrogen-bond acceptors (Lipinski definition) is 1. The summed E-state index contributed by atoms with van der Waals surface area (Å²) in [6.45, 7) is -0.0621. The van der Waals surface area contributed by atoms with Crippen LogP contribution in [0.1, 0.15) is 37.4 Å². The van der Waals surface area contributed by atoms with Crippen LogP contribution in [0.25, 0.3) is 0 Å². The molecule has 1 saturated carbocycles. The van der Waals surface area contributed by atoms with Gasteiger partial charge in [0.25, 0.3) is 0 Å². The summed E-state index contributed by atoms with van der Waals surface area (Å²) in [4.78, 5) is 0. The lowest BCUT2D eigenvalue weighted by Gasteiger charge is -2.25. The fraction of sp³-hybridized carbons (Fsp3) is 0.571. The summed E-state index contributed by atoms with van der Waals surface area (Å²) in [5.41, 5.74) is 4.09. The van der Waals surface area contributed by atoms with E-state index >= 15 is 0 Å². The Balaban J connectivity index is 1.81. The summed E-state index contributed by atoms with van der Waals surface area (Å²) < 4.78 is 32.7. The molecule has 3 N–H and O–H groups in total. The van der Waals surface area contributed by atoms with Gasteiger partial charge in [0.15, 0.2) is 6.17 Å². The van der Waals surface area contributed by atoms with Crippen molar-refractivity contribution in [3.05, 3.63) is 35.6 Å². The Morgan fingerprint density at radius 2 is 1.89 bits per heavy atom. The molecule has 1 aliphatic rings. The normalized spacial score (nSPS) is 25.9. The van der Waals surface area contributed by atoms with Gasteiger partial charge in [-0.2, -0.15) is 0 Å². The third-order valence-electron chi connectivity index (χ3n) is 3.51. The van der Waals surface area contributed by atoms with Crippen LogP contribution in [0.3, 0.4) is 0 Å². The average Bonchev–Trinajstić information content (AvgIpc) is 2.38. The molecule has 1 aromatic carbocycles. The molecule has 100 valence electrons. The fourth-order valence-electron chi connectivity index (χ4n) is 2.34. The van der Waals surface area contributed by atoms with E-state index in [1.165, 1.54) is 12.1 Å². The van der Waals surface area contributed by atoms with E-state index in [-0.39, 0.29) is 18.3 Å². The minimum atomic E-state index is -1.39. The molecule has 0 amide bonds. The molecule has 0 spiro atoms. The van der Waals surface area contributed by atoms with Crippen LogP contribution in [-0.4, -0.2) is 18.8 Å². The number of halogens is 2. The van der Waals surface area contributed by atoms with Gasteiger partial charge in [0.05, 0.1) is 18.8 Å². The monoisotopic (exact) mass is 256 g/mol. The van der Waals surface area contributed by atoms with E-state index in [0.29, 0.717) is 6.04 Å². The zero-order valence-corrected chi connectivity index (χ0v) is 10.4. The Kier molecular flexibility index (Phi) is 4.66. The van der Waals surface area contributed by atoms with E-state index < -0.39 is 12.0 Å². The number of ether oxygens (including phenoxy) is 1. The molecule has 0 aliphatic heterocycles. The summed E-state index contributed by atoms with van der Waals surface area (Å²) >= 11 is 0. The van der Waals surface area contributed by atoms with Crippen molar-refractivity contribution in [3.8, 4) is 0 Å². The van der Waals surface area contributed by atoms with Crippen molar-refractivity contribution in [2.45, 2.75) is 44.0 Å². The lowest BCUT2D eigenvalue weighted by molar-refractivity contribution is -0.427. The highest BCUT2D eigenvalue weighted by molar-refractivity contribution is 5.19. The molecule has 0 unspecified atom stereocenters. The molecule has 2 nitrogen and oxygen atoms in total. The third kappa shape index (κ3) is 3.50. The standard InChI is InChI=1S/C14H19F2NO/c15-13-4-2-1-3-12(13)14(16)9-18-11-7-5-10(17)6-8-11/h1-4,10-11,14H,5-9,17H2/p+1/t10?,11?,14-/m0/s1. The summed E-state index contributed by atoms with van der Waals surface area (Å²) in [6.07, 6.45) is 2.63. The Bertz CT molecular complexity index is 378. The summed E-state index contributed by atoms with van der Waals surface area (Å²) in [7, 11) is 0. The first-order valence-corrected chi connectivity index (χ1v) is 6.50. The van der Waals surface area contributed by atoms with Crippen molar-refractivity contribution in [2.75, 3.05) is 6.61 Å². The second-order valence-corrected chi connectivity index (χ2v) is 4.97. The molecule has 18 heavy (non-hydrogen) atoms. The summed E-state index contributed by atoms with van der Waals surface area (Å²) in [5, 5.41) is 0. The average molecular weight is 256 g/mol. The van der Waals surface area contributed by atoms with Crippen LogP contribution in [0.15, 0.2) is 24.3 Å². The zero-order chi connectivity index (χ0) is 13.0. The molecule has 0 bridgehead atoms. The first-order chi connectivity index (χ1) is 8.66. The van der Waals surface area contributed by atoms with E-state index in [9.17, 15) is 8.78 Å². The Morgan fingerprint density at radius 1 is 1.22 bits per heavy atom. The smallest absolute Gasteiger partial charge is 0.151 e. The van der Waals surface area contributed by atoms with Gasteiger partial charge >= 0.3 is 0 Å². The Morgan fingerprint density at radius 3 is 2.56 bits per heavy atom. The van der Waals surface area contributed by atoms with Crippen molar-refractivity contribution in [2.24, 2.45) is 0 Å². The lowest BCUT2D eigenvalue weighted by atomic mass is 9.94. The maximum Gasteiger partial charge on any atom is 0.151 e. The minimum absolute atomic E-state index is 0.0621. The predicted octanol–water partition coefficient (Wildman–Crippen LogP) is 2.41. The van der Waals surface area contributed by atoms with Crippen LogP contribution in [0.5, 0.6) is 0 Å². The third-order valence-corrected chi connectivity index (χ3v) is 3.51. The molecule has 0 saturated heterocycles. The van der Waals surface area contributed by atoms with E-state index in [2.05, 4.69) is 5.73 Å². The van der Waals surface area contributed by atoms with Crippen LogP contribution in [0.4, 0.5) is 8.78 Å². The van der Waals surface area contributed by atoms with Gasteiger partial charge in [0.2, 0.25) is 0 Å². The number of benzene rings is 1. The molecule has 1 atom stereocenters. The van der Waals surface area contributed by atoms with Gasteiger partial charge in [-0.3, -0.25) is 0 Å². The quantitative estimate of drug-likeness (QED) is 0.882. The Hall–Kier alpha value is -1.00. The predicted molar refractivity (Wildman–Crippen MR) is 65.1 cm³/mol. The molecular weight excluding hydrogens is 236 g/mol. The van der Waals surface area contributed by atoms with Crippen molar-refractivity contribution >= 4 is 0 Å². The first kappa shape index (κ1) is 13.4. The van der Waals surface area contributed by atoms with Gasteiger partial charge in [-0.25, -0.2) is 8.78 Å². The van der Waals surface area contributed by atoms with Crippen LogP contribution in [-0.2, 0) is 4.74 Å². The largest absolute Gasteiger partial charge is 0.375 e. The zero-order valence-electron chi connectivity index (χ0n) is 10.4. The van der Waals surface area contributed by atoms with Gasteiger partial charge < -0.3 is 10.5 Å². The van der Waals surface area contributed by atoms with Gasteiger partial charge in [-0.1, -0.05) is 18.2 Å². The van der Waals surface area contributed by atoms with Crippen molar-refractivity contribution in [1.82, 2.24) is 0 Å². The highest BCUT2D eigenvalue weighted by atomic mass is 19.1. The van der Waals surface area contributed by atoms with E-state index in [0.717, 1.165) is 25.7 Å². The van der Waals surface area contributed by atoms with Crippen molar-refractivity contribution < 1.29 is 19.3 Å². The molecule has 0 heterocycles.